The minimum atomic E-state index is -0.537. The van der Waals surface area contributed by atoms with E-state index in [0.29, 0.717) is 16.5 Å². The molecule has 156 valence electrons. The van der Waals surface area contributed by atoms with Crippen molar-refractivity contribution in [2.45, 2.75) is 25.0 Å². The zero-order valence-corrected chi connectivity index (χ0v) is 17.4. The van der Waals surface area contributed by atoms with Gasteiger partial charge >= 0.3 is 5.97 Å². The first-order chi connectivity index (χ1) is 14.4. The molecule has 0 saturated carbocycles. The number of hydrogen-bond acceptors (Lipinski definition) is 6. The molecule has 1 N–H and O–H groups in total. The molecule has 3 rings (SSSR count). The summed E-state index contributed by atoms with van der Waals surface area (Å²) < 4.78 is 20.1. The molecule has 7 nitrogen and oxygen atoms in total. The summed E-state index contributed by atoms with van der Waals surface area (Å²) in [6.07, 6.45) is 0. The van der Waals surface area contributed by atoms with Crippen LogP contribution in [-0.4, -0.2) is 45.0 Å². The van der Waals surface area contributed by atoms with Crippen molar-refractivity contribution in [2.75, 3.05) is 12.4 Å². The molecule has 0 saturated heterocycles. The summed E-state index contributed by atoms with van der Waals surface area (Å²) in [7, 11) is 0. The van der Waals surface area contributed by atoms with Crippen LogP contribution in [0.5, 0.6) is 0 Å². The molecule has 0 aliphatic heterocycles. The summed E-state index contributed by atoms with van der Waals surface area (Å²) in [5.41, 5.74) is 1.49. The Labute approximate surface area is 177 Å². The minimum Gasteiger partial charge on any atom is -0.455 e. The summed E-state index contributed by atoms with van der Waals surface area (Å²) in [5, 5.41) is 11.6. The molecule has 1 heterocycles. The fourth-order valence-corrected chi connectivity index (χ4v) is 3.38. The Bertz CT molecular complexity index is 1010. The highest BCUT2D eigenvalue weighted by Gasteiger charge is 2.18. The van der Waals surface area contributed by atoms with Crippen LogP contribution in [0, 0.1) is 5.82 Å². The molecular formula is C21H21FN4O3S. The number of rotatable bonds is 8. The van der Waals surface area contributed by atoms with Crippen LogP contribution in [0.1, 0.15) is 13.8 Å². The lowest BCUT2D eigenvalue weighted by Crippen LogP contribution is -2.34. The van der Waals surface area contributed by atoms with Crippen molar-refractivity contribution >= 4 is 23.6 Å². The smallest absolute Gasteiger partial charge is 0.316 e. The number of amides is 1. The lowest BCUT2D eigenvalue weighted by Gasteiger charge is -2.11. The van der Waals surface area contributed by atoms with Gasteiger partial charge in [0.1, 0.15) is 5.82 Å². The van der Waals surface area contributed by atoms with Crippen LogP contribution < -0.4 is 5.32 Å². The average molecular weight is 428 g/mol. The first-order valence-electron chi connectivity index (χ1n) is 9.28. The Hall–Kier alpha value is -3.20. The minimum absolute atomic E-state index is 0.0279. The number of thioether (sulfide) groups is 1. The van der Waals surface area contributed by atoms with E-state index < -0.39 is 5.97 Å². The van der Waals surface area contributed by atoms with Crippen LogP contribution in [0.3, 0.4) is 0 Å². The van der Waals surface area contributed by atoms with E-state index >= 15 is 0 Å². The van der Waals surface area contributed by atoms with Gasteiger partial charge in [0.2, 0.25) is 0 Å². The van der Waals surface area contributed by atoms with Crippen molar-refractivity contribution in [1.29, 1.82) is 0 Å². The predicted octanol–water partition coefficient (Wildman–Crippen LogP) is 3.23. The fourth-order valence-electron chi connectivity index (χ4n) is 2.63. The summed E-state index contributed by atoms with van der Waals surface area (Å²) in [6.45, 7) is 3.32. The Morgan fingerprint density at radius 2 is 1.80 bits per heavy atom. The lowest BCUT2D eigenvalue weighted by molar-refractivity contribution is -0.146. The number of esters is 1. The van der Waals surface area contributed by atoms with E-state index in [0.717, 1.165) is 17.4 Å². The normalized spacial score (nSPS) is 10.8. The van der Waals surface area contributed by atoms with Crippen LogP contribution >= 0.6 is 11.8 Å². The Balaban J connectivity index is 1.76. The topological polar surface area (TPSA) is 86.1 Å². The van der Waals surface area contributed by atoms with E-state index in [9.17, 15) is 14.0 Å². The van der Waals surface area contributed by atoms with E-state index in [-0.39, 0.29) is 30.1 Å². The number of carbonyl (C=O) groups excluding carboxylic acids is 2. The van der Waals surface area contributed by atoms with Crippen LogP contribution in [0.2, 0.25) is 0 Å². The molecule has 0 spiro atoms. The van der Waals surface area contributed by atoms with Gasteiger partial charge in [-0.15, -0.1) is 10.2 Å². The second kappa shape index (κ2) is 10.0. The van der Waals surface area contributed by atoms with Gasteiger partial charge in [-0.3, -0.25) is 14.2 Å². The number of hydrogen-bond donors (Lipinski definition) is 1. The van der Waals surface area contributed by atoms with Gasteiger partial charge in [-0.05, 0) is 50.2 Å². The fraction of sp³-hybridized carbons (Fsp3) is 0.238. The average Bonchev–Trinajstić information content (AvgIpc) is 3.15. The van der Waals surface area contributed by atoms with Crippen molar-refractivity contribution in [3.8, 4) is 17.1 Å². The molecular weight excluding hydrogens is 407 g/mol. The highest BCUT2D eigenvalue weighted by atomic mass is 32.2. The Kier molecular flexibility index (Phi) is 7.18. The Morgan fingerprint density at radius 1 is 1.10 bits per heavy atom. The van der Waals surface area contributed by atoms with Crippen LogP contribution in [-0.2, 0) is 14.3 Å². The number of nitrogens with one attached hydrogen (secondary N) is 1. The summed E-state index contributed by atoms with van der Waals surface area (Å²) >= 11 is 1.14. The molecule has 30 heavy (non-hydrogen) atoms. The monoisotopic (exact) mass is 428 g/mol. The SMILES string of the molecule is CC(C)NC(=O)COC(=O)CSc1nnc(-c2ccc(F)cc2)n1-c1ccccc1. The molecule has 2 aromatic carbocycles. The third-order valence-electron chi connectivity index (χ3n) is 3.88. The van der Waals surface area contributed by atoms with E-state index in [2.05, 4.69) is 15.5 Å². The van der Waals surface area contributed by atoms with E-state index in [1.54, 1.807) is 16.7 Å². The van der Waals surface area contributed by atoms with Crippen molar-refractivity contribution in [3.05, 3.63) is 60.4 Å². The molecule has 1 aromatic heterocycles. The van der Waals surface area contributed by atoms with Crippen LogP contribution in [0.4, 0.5) is 4.39 Å². The zero-order chi connectivity index (χ0) is 21.5. The molecule has 0 aliphatic carbocycles. The second-order valence-corrected chi connectivity index (χ2v) is 7.60. The van der Waals surface area contributed by atoms with Gasteiger partial charge in [-0.1, -0.05) is 30.0 Å². The molecule has 0 aliphatic rings. The zero-order valence-electron chi connectivity index (χ0n) is 16.5. The van der Waals surface area contributed by atoms with E-state index in [1.807, 2.05) is 44.2 Å². The number of aromatic nitrogens is 3. The van der Waals surface area contributed by atoms with Crippen LogP contribution in [0.25, 0.3) is 17.1 Å². The quantitative estimate of drug-likeness (QED) is 0.438. The maximum atomic E-state index is 13.3. The summed E-state index contributed by atoms with van der Waals surface area (Å²) in [4.78, 5) is 23.7. The van der Waals surface area contributed by atoms with Gasteiger partial charge in [-0.2, -0.15) is 0 Å². The number of benzene rings is 2. The van der Waals surface area contributed by atoms with Gasteiger partial charge < -0.3 is 10.1 Å². The molecule has 0 fully saturated rings. The van der Waals surface area contributed by atoms with E-state index in [4.69, 9.17) is 4.74 Å². The Morgan fingerprint density at radius 3 is 2.47 bits per heavy atom. The molecule has 3 aromatic rings. The lowest BCUT2D eigenvalue weighted by atomic mass is 10.2. The third kappa shape index (κ3) is 5.66. The van der Waals surface area contributed by atoms with Gasteiger partial charge in [0.25, 0.3) is 5.91 Å². The van der Waals surface area contributed by atoms with Crippen molar-refractivity contribution in [2.24, 2.45) is 0 Å². The van der Waals surface area contributed by atoms with Crippen molar-refractivity contribution < 1.29 is 18.7 Å². The number of halogens is 1. The van der Waals surface area contributed by atoms with Gasteiger partial charge in [0.15, 0.2) is 17.6 Å². The summed E-state index contributed by atoms with van der Waals surface area (Å²) in [5.74, 6) is -0.750. The molecule has 0 radical (unpaired) electrons. The highest BCUT2D eigenvalue weighted by Crippen LogP contribution is 2.28. The largest absolute Gasteiger partial charge is 0.455 e. The number of ether oxygens (including phenoxy) is 1. The first-order valence-corrected chi connectivity index (χ1v) is 10.3. The number of para-hydroxylation sites is 1. The third-order valence-corrected chi connectivity index (χ3v) is 4.79. The predicted molar refractivity (Wildman–Crippen MR) is 112 cm³/mol. The number of carbonyl (C=O) groups is 2. The van der Waals surface area contributed by atoms with Gasteiger partial charge in [0.05, 0.1) is 5.75 Å². The molecule has 0 atom stereocenters. The van der Waals surface area contributed by atoms with Crippen molar-refractivity contribution in [1.82, 2.24) is 20.1 Å². The summed E-state index contributed by atoms with van der Waals surface area (Å²) in [6, 6.07) is 15.3. The number of nitrogens with zero attached hydrogens (tertiary/aromatic N) is 3. The maximum absolute atomic E-state index is 13.3. The first kappa shape index (κ1) is 21.5. The molecule has 1 amide bonds. The van der Waals surface area contributed by atoms with Gasteiger partial charge in [-0.25, -0.2) is 4.39 Å². The standard InChI is InChI=1S/C21H21FN4O3S/c1-14(2)23-18(27)12-29-19(28)13-30-21-25-24-20(15-8-10-16(22)11-9-15)26(21)17-6-4-3-5-7-17/h3-11,14H,12-13H2,1-2H3,(H,23,27). The molecule has 9 heteroatoms. The molecule has 0 bridgehead atoms. The second-order valence-electron chi connectivity index (χ2n) is 6.66. The maximum Gasteiger partial charge on any atom is 0.316 e. The van der Waals surface area contributed by atoms with Crippen LogP contribution in [0.15, 0.2) is 59.8 Å². The van der Waals surface area contributed by atoms with E-state index in [1.165, 1.54) is 12.1 Å². The highest BCUT2D eigenvalue weighted by molar-refractivity contribution is 7.99. The van der Waals surface area contributed by atoms with Gasteiger partial charge in [0, 0.05) is 17.3 Å². The van der Waals surface area contributed by atoms with Crippen molar-refractivity contribution in [3.63, 3.8) is 0 Å². The molecule has 0 unspecified atom stereocenters.